The van der Waals surface area contributed by atoms with Crippen LogP contribution in [0.25, 0.3) is 0 Å². The summed E-state index contributed by atoms with van der Waals surface area (Å²) in [5, 5.41) is 11.9. The second-order valence-electron chi connectivity index (χ2n) is 5.14. The fraction of sp³-hybridized carbons (Fsp3) is 0.562. The maximum absolute atomic E-state index is 11.7. The molecule has 0 saturated heterocycles. The monoisotopic (exact) mass is 294 g/mol. The second kappa shape index (κ2) is 10.0. The van der Waals surface area contributed by atoms with E-state index in [0.29, 0.717) is 36.9 Å². The average Bonchev–Trinajstić information content (AvgIpc) is 2.45. The molecule has 1 rings (SSSR count). The quantitative estimate of drug-likeness (QED) is 0.576. The van der Waals surface area contributed by atoms with Crippen molar-refractivity contribution in [2.24, 2.45) is 5.92 Å². The van der Waals surface area contributed by atoms with Crippen molar-refractivity contribution in [1.29, 1.82) is 0 Å². The number of carbonyl (C=O) groups is 1. The lowest BCUT2D eigenvalue weighted by molar-refractivity contribution is -0.121. The Bertz CT molecular complexity index is 418. The molecule has 0 aliphatic carbocycles. The Kier molecular flexibility index (Phi) is 8.28. The minimum atomic E-state index is -0.0297. The number of aliphatic hydroxyl groups excluding tert-OH is 1. The summed E-state index contributed by atoms with van der Waals surface area (Å²) in [6.45, 7) is 3.21. The Morgan fingerprint density at radius 3 is 2.90 bits per heavy atom. The molecule has 0 fully saturated rings. The van der Waals surface area contributed by atoms with Crippen LogP contribution in [-0.2, 0) is 4.79 Å². The summed E-state index contributed by atoms with van der Waals surface area (Å²) in [4.78, 5) is 11.7. The zero-order valence-corrected chi connectivity index (χ0v) is 12.7. The van der Waals surface area contributed by atoms with Gasteiger partial charge in [-0.2, -0.15) is 0 Å². The van der Waals surface area contributed by atoms with E-state index in [-0.39, 0.29) is 12.5 Å². The van der Waals surface area contributed by atoms with E-state index in [2.05, 4.69) is 12.2 Å². The SMILES string of the molecule is CCCC(CCO)CNC(=O)CCOc1cccc(N)c1. The summed E-state index contributed by atoms with van der Waals surface area (Å²) in [5.41, 5.74) is 6.29. The number of aliphatic hydroxyl groups is 1. The van der Waals surface area contributed by atoms with Crippen molar-refractivity contribution in [3.05, 3.63) is 24.3 Å². The molecule has 1 amide bonds. The summed E-state index contributed by atoms with van der Waals surface area (Å²) in [6.07, 6.45) is 3.11. The lowest BCUT2D eigenvalue weighted by Gasteiger charge is -2.15. The van der Waals surface area contributed by atoms with E-state index in [4.69, 9.17) is 15.6 Å². The van der Waals surface area contributed by atoms with Crippen LogP contribution >= 0.6 is 0 Å². The molecule has 4 N–H and O–H groups in total. The lowest BCUT2D eigenvalue weighted by atomic mass is 10.0. The molecule has 1 unspecified atom stereocenters. The van der Waals surface area contributed by atoms with E-state index in [0.717, 1.165) is 19.3 Å². The van der Waals surface area contributed by atoms with E-state index in [1.807, 2.05) is 12.1 Å². The third-order valence-electron chi connectivity index (χ3n) is 3.28. The fourth-order valence-corrected chi connectivity index (χ4v) is 2.15. The maximum atomic E-state index is 11.7. The summed E-state index contributed by atoms with van der Waals surface area (Å²) in [5.74, 6) is 0.990. The fourth-order valence-electron chi connectivity index (χ4n) is 2.15. The number of ether oxygens (including phenoxy) is 1. The predicted molar refractivity (Wildman–Crippen MR) is 84.1 cm³/mol. The van der Waals surface area contributed by atoms with E-state index in [1.165, 1.54) is 0 Å². The Labute approximate surface area is 126 Å². The number of hydrogen-bond donors (Lipinski definition) is 3. The number of nitrogens with two attached hydrogens (primary N) is 1. The molecule has 5 nitrogen and oxygen atoms in total. The molecule has 0 aromatic heterocycles. The van der Waals surface area contributed by atoms with E-state index in [1.54, 1.807) is 12.1 Å². The second-order valence-corrected chi connectivity index (χ2v) is 5.14. The molecule has 0 heterocycles. The van der Waals surface area contributed by atoms with Gasteiger partial charge in [0.05, 0.1) is 13.0 Å². The largest absolute Gasteiger partial charge is 0.493 e. The third kappa shape index (κ3) is 7.56. The topological polar surface area (TPSA) is 84.6 Å². The van der Waals surface area contributed by atoms with Gasteiger partial charge in [-0.05, 0) is 30.9 Å². The Morgan fingerprint density at radius 2 is 2.24 bits per heavy atom. The van der Waals surface area contributed by atoms with Gasteiger partial charge in [0.1, 0.15) is 5.75 Å². The van der Waals surface area contributed by atoms with Gasteiger partial charge in [0.15, 0.2) is 0 Å². The van der Waals surface area contributed by atoms with Gasteiger partial charge in [-0.15, -0.1) is 0 Å². The highest BCUT2D eigenvalue weighted by molar-refractivity contribution is 5.75. The predicted octanol–water partition coefficient (Wildman–Crippen LogP) is 1.95. The van der Waals surface area contributed by atoms with Gasteiger partial charge >= 0.3 is 0 Å². The zero-order chi connectivity index (χ0) is 15.5. The molecular formula is C16H26N2O3. The van der Waals surface area contributed by atoms with Crippen molar-refractivity contribution < 1.29 is 14.6 Å². The molecule has 1 atom stereocenters. The number of benzene rings is 1. The molecule has 0 spiro atoms. The van der Waals surface area contributed by atoms with Gasteiger partial charge in [0.2, 0.25) is 5.91 Å². The van der Waals surface area contributed by atoms with E-state index < -0.39 is 0 Å². The van der Waals surface area contributed by atoms with Crippen molar-refractivity contribution in [3.63, 3.8) is 0 Å². The molecule has 0 saturated carbocycles. The summed E-state index contributed by atoms with van der Waals surface area (Å²) < 4.78 is 5.48. The van der Waals surface area contributed by atoms with Crippen molar-refractivity contribution in [2.75, 3.05) is 25.5 Å². The van der Waals surface area contributed by atoms with Crippen LogP contribution in [0.1, 0.15) is 32.6 Å². The van der Waals surface area contributed by atoms with Gasteiger partial charge in [-0.1, -0.05) is 19.4 Å². The molecule has 1 aromatic rings. The highest BCUT2D eigenvalue weighted by atomic mass is 16.5. The van der Waals surface area contributed by atoms with E-state index >= 15 is 0 Å². The molecule has 0 aliphatic rings. The number of rotatable bonds is 10. The van der Waals surface area contributed by atoms with Crippen LogP contribution in [0.4, 0.5) is 5.69 Å². The number of amides is 1. The summed E-state index contributed by atoms with van der Waals surface area (Å²) in [6, 6.07) is 7.15. The Balaban J connectivity index is 2.21. The zero-order valence-electron chi connectivity index (χ0n) is 12.7. The highest BCUT2D eigenvalue weighted by Gasteiger charge is 2.09. The van der Waals surface area contributed by atoms with Gasteiger partial charge in [0.25, 0.3) is 0 Å². The maximum Gasteiger partial charge on any atom is 0.223 e. The van der Waals surface area contributed by atoms with Crippen LogP contribution < -0.4 is 15.8 Å². The van der Waals surface area contributed by atoms with Crippen LogP contribution in [0.3, 0.4) is 0 Å². The van der Waals surface area contributed by atoms with Crippen LogP contribution in [0.5, 0.6) is 5.75 Å². The van der Waals surface area contributed by atoms with E-state index in [9.17, 15) is 4.79 Å². The van der Waals surface area contributed by atoms with Crippen LogP contribution in [0, 0.1) is 5.92 Å². The van der Waals surface area contributed by atoms with Crippen molar-refractivity contribution in [1.82, 2.24) is 5.32 Å². The smallest absolute Gasteiger partial charge is 0.223 e. The molecule has 0 radical (unpaired) electrons. The van der Waals surface area contributed by atoms with Gasteiger partial charge in [0, 0.05) is 24.9 Å². The van der Waals surface area contributed by atoms with Crippen LogP contribution in [0.15, 0.2) is 24.3 Å². The van der Waals surface area contributed by atoms with Gasteiger partial charge in [-0.3, -0.25) is 4.79 Å². The summed E-state index contributed by atoms with van der Waals surface area (Å²) >= 11 is 0. The molecule has 0 aliphatic heterocycles. The number of carbonyl (C=O) groups excluding carboxylic acids is 1. The highest BCUT2D eigenvalue weighted by Crippen LogP contribution is 2.14. The van der Waals surface area contributed by atoms with Crippen molar-refractivity contribution >= 4 is 11.6 Å². The molecule has 118 valence electrons. The normalized spacial score (nSPS) is 11.9. The van der Waals surface area contributed by atoms with Crippen LogP contribution in [0.2, 0.25) is 0 Å². The molecule has 5 heteroatoms. The minimum Gasteiger partial charge on any atom is -0.493 e. The first-order chi connectivity index (χ1) is 10.2. The number of hydrogen-bond acceptors (Lipinski definition) is 4. The number of nitrogens with one attached hydrogen (secondary N) is 1. The first-order valence-electron chi connectivity index (χ1n) is 7.51. The number of anilines is 1. The number of nitrogen functional groups attached to an aromatic ring is 1. The lowest BCUT2D eigenvalue weighted by Crippen LogP contribution is -2.30. The molecular weight excluding hydrogens is 268 g/mol. The molecule has 21 heavy (non-hydrogen) atoms. The first-order valence-corrected chi connectivity index (χ1v) is 7.51. The third-order valence-corrected chi connectivity index (χ3v) is 3.28. The Hall–Kier alpha value is -1.75. The molecule has 0 bridgehead atoms. The van der Waals surface area contributed by atoms with Gasteiger partial charge in [-0.25, -0.2) is 0 Å². The summed E-state index contributed by atoms with van der Waals surface area (Å²) in [7, 11) is 0. The molecule has 1 aromatic carbocycles. The Morgan fingerprint density at radius 1 is 1.43 bits per heavy atom. The first kappa shape index (κ1) is 17.3. The average molecular weight is 294 g/mol. The standard InChI is InChI=1S/C16H26N2O3/c1-2-4-13(7-9-19)12-18-16(20)8-10-21-15-6-3-5-14(17)11-15/h3,5-6,11,13,19H,2,4,7-10,12,17H2,1H3,(H,18,20). The van der Waals surface area contributed by atoms with Gasteiger partial charge < -0.3 is 20.9 Å². The van der Waals surface area contributed by atoms with Crippen molar-refractivity contribution in [3.8, 4) is 5.75 Å². The minimum absolute atomic E-state index is 0.0297. The van der Waals surface area contributed by atoms with Crippen molar-refractivity contribution in [2.45, 2.75) is 32.6 Å². The van der Waals surface area contributed by atoms with Crippen LogP contribution in [-0.4, -0.2) is 30.8 Å².